The van der Waals surface area contributed by atoms with Crippen LogP contribution in [0.25, 0.3) is 0 Å². The zero-order valence-electron chi connectivity index (χ0n) is 6.12. The van der Waals surface area contributed by atoms with Crippen molar-refractivity contribution in [1.82, 2.24) is 0 Å². The van der Waals surface area contributed by atoms with Gasteiger partial charge in [-0.2, -0.15) is 0 Å². The van der Waals surface area contributed by atoms with Gasteiger partial charge in [0.2, 0.25) is 6.79 Å². The van der Waals surface area contributed by atoms with Gasteiger partial charge in [0.05, 0.1) is 0 Å². The highest BCUT2D eigenvalue weighted by Crippen LogP contribution is 1.81. The maximum absolute atomic E-state index is 10.3. The molecule has 5 heteroatoms. The topological polar surface area (TPSA) is 84.1 Å². The number of rotatable bonds is 3. The molecule has 0 aromatic heterocycles. The Hall–Kier alpha value is -1.36. The Morgan fingerprint density at radius 3 is 2.36 bits per heavy atom. The fraction of sp³-hybridized carbons (Fsp3) is 0.333. The van der Waals surface area contributed by atoms with E-state index >= 15 is 0 Å². The molecule has 0 heterocycles. The van der Waals surface area contributed by atoms with Crippen molar-refractivity contribution in [2.24, 2.45) is 0 Å². The van der Waals surface area contributed by atoms with Crippen LogP contribution in [0.15, 0.2) is 12.7 Å². The number of carbonyl (C=O) groups excluding carboxylic acids is 2. The Labute approximate surface area is 63.9 Å². The van der Waals surface area contributed by atoms with Crippen molar-refractivity contribution in [2.75, 3.05) is 6.79 Å². The zero-order chi connectivity index (χ0) is 7.98. The Morgan fingerprint density at radius 1 is 1.45 bits per heavy atom. The lowest BCUT2D eigenvalue weighted by molar-refractivity contribution is -0.162. The molecule has 0 aliphatic carbocycles. The highest BCUT2D eigenvalue weighted by Gasteiger charge is 1.95. The molecule has 0 saturated carbocycles. The number of ether oxygens (including phenoxy) is 2. The van der Waals surface area contributed by atoms with Crippen molar-refractivity contribution < 1.29 is 24.5 Å². The van der Waals surface area contributed by atoms with E-state index in [0.29, 0.717) is 0 Å². The molecule has 0 saturated heterocycles. The molecule has 0 spiro atoms. The summed E-state index contributed by atoms with van der Waals surface area (Å²) in [5, 5.41) is 0. The summed E-state index contributed by atoms with van der Waals surface area (Å²) in [6.07, 6.45) is 0.990. The van der Waals surface area contributed by atoms with Gasteiger partial charge in [-0.3, -0.25) is 4.79 Å². The molecule has 0 radical (unpaired) electrons. The summed E-state index contributed by atoms with van der Waals surface area (Å²) >= 11 is 0. The van der Waals surface area contributed by atoms with Crippen molar-refractivity contribution in [3.8, 4) is 0 Å². The molecule has 0 bridgehead atoms. The fourth-order valence-electron chi connectivity index (χ4n) is 0.229. The fourth-order valence-corrected chi connectivity index (χ4v) is 0.229. The summed E-state index contributed by atoms with van der Waals surface area (Å²) in [5.41, 5.74) is 0. The lowest BCUT2D eigenvalue weighted by atomic mass is 10.7. The molecular weight excluding hydrogens is 152 g/mol. The molecule has 5 nitrogen and oxygen atoms in total. The third kappa shape index (κ3) is 8.64. The van der Waals surface area contributed by atoms with Crippen LogP contribution in [-0.4, -0.2) is 24.2 Å². The Morgan fingerprint density at radius 2 is 2.00 bits per heavy atom. The second-order valence-electron chi connectivity index (χ2n) is 1.42. The van der Waals surface area contributed by atoms with Crippen molar-refractivity contribution in [2.45, 2.75) is 6.92 Å². The molecule has 2 N–H and O–H groups in total. The van der Waals surface area contributed by atoms with Gasteiger partial charge < -0.3 is 14.9 Å². The monoisotopic (exact) mass is 162 g/mol. The van der Waals surface area contributed by atoms with Gasteiger partial charge in [-0.25, -0.2) is 4.79 Å². The molecule has 11 heavy (non-hydrogen) atoms. The Balaban J connectivity index is 0. The number of carbonyl (C=O) groups is 2. The lowest BCUT2D eigenvalue weighted by Gasteiger charge is -1.99. The molecule has 64 valence electrons. The van der Waals surface area contributed by atoms with Crippen LogP contribution in [0.5, 0.6) is 0 Å². The van der Waals surface area contributed by atoms with E-state index in [2.05, 4.69) is 16.1 Å². The number of hydrogen-bond acceptors (Lipinski definition) is 4. The second kappa shape index (κ2) is 6.76. The van der Waals surface area contributed by atoms with Crippen LogP contribution in [0.4, 0.5) is 0 Å². The number of esters is 2. The molecule has 0 atom stereocenters. The van der Waals surface area contributed by atoms with Gasteiger partial charge in [-0.1, -0.05) is 6.58 Å². The van der Waals surface area contributed by atoms with E-state index in [1.165, 1.54) is 6.92 Å². The van der Waals surface area contributed by atoms with Crippen LogP contribution in [0.1, 0.15) is 6.92 Å². The molecule has 0 aromatic rings. The molecule has 0 aliphatic heterocycles. The van der Waals surface area contributed by atoms with Crippen LogP contribution in [0, 0.1) is 0 Å². The normalized spacial score (nSPS) is 7.36. The maximum Gasteiger partial charge on any atom is 0.333 e. The molecule has 0 rings (SSSR count). The van der Waals surface area contributed by atoms with E-state index in [0.717, 1.165) is 6.08 Å². The molecule has 0 unspecified atom stereocenters. The van der Waals surface area contributed by atoms with Gasteiger partial charge in [0.25, 0.3) is 0 Å². The average Bonchev–Trinajstić information content (AvgIpc) is 1.87. The molecule has 0 amide bonds. The Kier molecular flexibility index (Phi) is 7.57. The standard InChI is InChI=1S/C6H8O4.H2O/c1-3-6(8)10-4-9-5(2)7;/h3H,1,4H2,2H3;1H2. The average molecular weight is 162 g/mol. The largest absolute Gasteiger partial charge is 0.428 e. The van der Waals surface area contributed by atoms with Gasteiger partial charge in [0.15, 0.2) is 0 Å². The summed E-state index contributed by atoms with van der Waals surface area (Å²) in [6, 6.07) is 0. The minimum atomic E-state index is -0.610. The quantitative estimate of drug-likeness (QED) is 0.315. The summed E-state index contributed by atoms with van der Waals surface area (Å²) in [5.74, 6) is -1.10. The first-order valence-corrected chi connectivity index (χ1v) is 2.59. The molecule has 0 aliphatic rings. The van der Waals surface area contributed by atoms with Gasteiger partial charge in [0.1, 0.15) is 0 Å². The van der Waals surface area contributed by atoms with E-state index in [4.69, 9.17) is 0 Å². The second-order valence-corrected chi connectivity index (χ2v) is 1.42. The van der Waals surface area contributed by atoms with Crippen molar-refractivity contribution in [3.63, 3.8) is 0 Å². The predicted octanol–water partition coefficient (Wildman–Crippen LogP) is -0.589. The Bertz CT molecular complexity index is 151. The van der Waals surface area contributed by atoms with Crippen LogP contribution >= 0.6 is 0 Å². The zero-order valence-corrected chi connectivity index (χ0v) is 6.12. The maximum atomic E-state index is 10.3. The van der Waals surface area contributed by atoms with Crippen LogP contribution in [0.3, 0.4) is 0 Å². The predicted molar refractivity (Wildman–Crippen MR) is 36.5 cm³/mol. The first kappa shape index (κ1) is 12.3. The SMILES string of the molecule is C=CC(=O)OCOC(C)=O.O. The van der Waals surface area contributed by atoms with E-state index in [1.54, 1.807) is 0 Å². The summed E-state index contributed by atoms with van der Waals surface area (Å²) in [6.45, 7) is 4.02. The third-order valence-corrected chi connectivity index (χ3v) is 0.630. The smallest absolute Gasteiger partial charge is 0.333 e. The van der Waals surface area contributed by atoms with Crippen molar-refractivity contribution in [3.05, 3.63) is 12.7 Å². The number of hydrogen-bond donors (Lipinski definition) is 0. The van der Waals surface area contributed by atoms with E-state index < -0.39 is 11.9 Å². The highest BCUT2D eigenvalue weighted by atomic mass is 16.7. The summed E-state index contributed by atoms with van der Waals surface area (Å²) in [7, 11) is 0. The van der Waals surface area contributed by atoms with E-state index in [1.807, 2.05) is 0 Å². The molecule has 0 fully saturated rings. The minimum Gasteiger partial charge on any atom is -0.428 e. The van der Waals surface area contributed by atoms with Crippen molar-refractivity contribution >= 4 is 11.9 Å². The lowest BCUT2D eigenvalue weighted by Crippen LogP contribution is -2.08. The van der Waals surface area contributed by atoms with Gasteiger partial charge in [-0.15, -0.1) is 0 Å². The van der Waals surface area contributed by atoms with Crippen LogP contribution in [-0.2, 0) is 19.1 Å². The van der Waals surface area contributed by atoms with Crippen molar-refractivity contribution in [1.29, 1.82) is 0 Å². The van der Waals surface area contributed by atoms with E-state index in [9.17, 15) is 9.59 Å². The van der Waals surface area contributed by atoms with E-state index in [-0.39, 0.29) is 12.3 Å². The first-order valence-electron chi connectivity index (χ1n) is 2.59. The van der Waals surface area contributed by atoms with Gasteiger partial charge >= 0.3 is 11.9 Å². The van der Waals surface area contributed by atoms with Crippen LogP contribution in [0.2, 0.25) is 0 Å². The molecular formula is C6H10O5. The third-order valence-electron chi connectivity index (χ3n) is 0.630. The summed E-state index contributed by atoms with van der Waals surface area (Å²) < 4.78 is 8.59. The first-order chi connectivity index (χ1) is 4.66. The molecule has 0 aromatic carbocycles. The van der Waals surface area contributed by atoms with Gasteiger partial charge in [-0.05, 0) is 0 Å². The summed E-state index contributed by atoms with van der Waals surface area (Å²) in [4.78, 5) is 20.3. The minimum absolute atomic E-state index is 0. The van der Waals surface area contributed by atoms with Crippen LogP contribution < -0.4 is 0 Å². The van der Waals surface area contributed by atoms with Gasteiger partial charge in [0, 0.05) is 13.0 Å². The highest BCUT2D eigenvalue weighted by molar-refractivity contribution is 5.81.